The first kappa shape index (κ1) is 12.2. The summed E-state index contributed by atoms with van der Waals surface area (Å²) in [6.07, 6.45) is -0.443. The topological polar surface area (TPSA) is 41.5 Å². The van der Waals surface area contributed by atoms with Gasteiger partial charge in [-0.3, -0.25) is 0 Å². The minimum Gasteiger partial charge on any atom is -0.389 e. The number of benzene rings is 1. The zero-order valence-electron chi connectivity index (χ0n) is 9.31. The molecule has 1 unspecified atom stereocenters. The van der Waals surface area contributed by atoms with E-state index < -0.39 is 6.10 Å². The fraction of sp³-hybridized carbons (Fsp3) is 0.500. The van der Waals surface area contributed by atoms with Crippen LogP contribution in [0, 0.1) is 0 Å². The molecule has 2 N–H and O–H groups in total. The van der Waals surface area contributed by atoms with Gasteiger partial charge in [-0.2, -0.15) is 0 Å². The van der Waals surface area contributed by atoms with Gasteiger partial charge in [0.15, 0.2) is 0 Å². The number of rotatable bonds is 6. The Hall–Kier alpha value is -0.900. The molecule has 0 aromatic heterocycles. The lowest BCUT2D eigenvalue weighted by atomic mass is 10.1. The van der Waals surface area contributed by atoms with Crippen LogP contribution in [0.2, 0.25) is 0 Å². The molecule has 0 aliphatic rings. The van der Waals surface area contributed by atoms with Crippen molar-refractivity contribution in [2.24, 2.45) is 0 Å². The fourth-order valence-corrected chi connectivity index (χ4v) is 1.42. The predicted molar refractivity (Wildman–Crippen MR) is 60.7 cm³/mol. The number of aliphatic hydroxyl groups excluding tert-OH is 1. The molecule has 15 heavy (non-hydrogen) atoms. The van der Waals surface area contributed by atoms with Crippen molar-refractivity contribution in [1.29, 1.82) is 0 Å². The molecule has 1 aromatic rings. The van der Waals surface area contributed by atoms with Crippen molar-refractivity contribution in [2.75, 3.05) is 20.3 Å². The van der Waals surface area contributed by atoms with E-state index in [9.17, 15) is 5.11 Å². The molecule has 3 nitrogen and oxygen atoms in total. The van der Waals surface area contributed by atoms with Crippen LogP contribution in [0.5, 0.6) is 0 Å². The molecule has 3 heteroatoms. The van der Waals surface area contributed by atoms with Crippen molar-refractivity contribution >= 4 is 0 Å². The number of nitrogens with one attached hydrogen (secondary N) is 1. The fourth-order valence-electron chi connectivity index (χ4n) is 1.42. The molecule has 1 aromatic carbocycles. The molecule has 0 saturated heterocycles. The third kappa shape index (κ3) is 4.42. The van der Waals surface area contributed by atoms with Crippen molar-refractivity contribution < 1.29 is 9.84 Å². The zero-order chi connectivity index (χ0) is 11.1. The Labute approximate surface area is 91.1 Å². The molecule has 0 heterocycles. The van der Waals surface area contributed by atoms with E-state index in [1.165, 1.54) is 5.56 Å². The van der Waals surface area contributed by atoms with Crippen LogP contribution in [0.25, 0.3) is 0 Å². The van der Waals surface area contributed by atoms with Crippen molar-refractivity contribution in [3.8, 4) is 0 Å². The van der Waals surface area contributed by atoms with Gasteiger partial charge in [-0.25, -0.2) is 0 Å². The highest BCUT2D eigenvalue weighted by molar-refractivity contribution is 5.17. The molecule has 0 amide bonds. The van der Waals surface area contributed by atoms with Crippen LogP contribution in [0.4, 0.5) is 0 Å². The molecule has 0 bridgehead atoms. The third-order valence-corrected chi connectivity index (χ3v) is 2.32. The van der Waals surface area contributed by atoms with Crippen LogP contribution >= 0.6 is 0 Å². The molecule has 0 aliphatic heterocycles. The smallest absolute Gasteiger partial charge is 0.0897 e. The molecule has 0 spiro atoms. The van der Waals surface area contributed by atoms with Gasteiger partial charge in [0.25, 0.3) is 0 Å². The van der Waals surface area contributed by atoms with E-state index in [0.717, 1.165) is 0 Å². The second-order valence-electron chi connectivity index (χ2n) is 3.65. The maximum atomic E-state index is 9.46. The van der Waals surface area contributed by atoms with Crippen LogP contribution in [-0.4, -0.2) is 31.5 Å². The first-order chi connectivity index (χ1) is 7.24. The summed E-state index contributed by atoms with van der Waals surface area (Å²) in [7, 11) is 1.59. The summed E-state index contributed by atoms with van der Waals surface area (Å²) >= 11 is 0. The monoisotopic (exact) mass is 209 g/mol. The highest BCUT2D eigenvalue weighted by atomic mass is 16.5. The molecule has 84 valence electrons. The largest absolute Gasteiger partial charge is 0.389 e. The van der Waals surface area contributed by atoms with Gasteiger partial charge in [0.1, 0.15) is 0 Å². The van der Waals surface area contributed by atoms with Crippen LogP contribution in [-0.2, 0) is 4.74 Å². The van der Waals surface area contributed by atoms with Crippen LogP contribution < -0.4 is 5.32 Å². The number of hydrogen-bond acceptors (Lipinski definition) is 3. The Morgan fingerprint density at radius 3 is 2.60 bits per heavy atom. The quantitative estimate of drug-likeness (QED) is 0.743. The van der Waals surface area contributed by atoms with E-state index in [1.54, 1.807) is 7.11 Å². The number of hydrogen-bond donors (Lipinski definition) is 2. The summed E-state index contributed by atoms with van der Waals surface area (Å²) in [5, 5.41) is 12.7. The van der Waals surface area contributed by atoms with Gasteiger partial charge in [0.2, 0.25) is 0 Å². The standard InChI is InChI=1S/C12H19NO2/c1-10(11-6-4-3-5-7-11)13-8-12(14)9-15-2/h3-7,10,12-14H,8-9H2,1-2H3/t10-,12?/m0/s1. The van der Waals surface area contributed by atoms with Gasteiger partial charge in [-0.05, 0) is 12.5 Å². The highest BCUT2D eigenvalue weighted by Gasteiger charge is 2.07. The summed E-state index contributed by atoms with van der Waals surface area (Å²) in [6.45, 7) is 2.99. The van der Waals surface area contributed by atoms with Crippen molar-refractivity contribution in [3.05, 3.63) is 35.9 Å². The van der Waals surface area contributed by atoms with Crippen LogP contribution in [0.15, 0.2) is 30.3 Å². The van der Waals surface area contributed by atoms with E-state index in [2.05, 4.69) is 24.4 Å². The molecule has 2 atom stereocenters. The van der Waals surface area contributed by atoms with Crippen molar-refractivity contribution in [3.63, 3.8) is 0 Å². The van der Waals surface area contributed by atoms with Gasteiger partial charge >= 0.3 is 0 Å². The van der Waals surface area contributed by atoms with Gasteiger partial charge in [0.05, 0.1) is 12.7 Å². The summed E-state index contributed by atoms with van der Waals surface area (Å²) in [5.74, 6) is 0. The molecule has 0 radical (unpaired) electrons. The molecule has 0 saturated carbocycles. The number of aliphatic hydroxyl groups is 1. The first-order valence-electron chi connectivity index (χ1n) is 5.19. The Balaban J connectivity index is 2.33. The van der Waals surface area contributed by atoms with Gasteiger partial charge < -0.3 is 15.2 Å². The minimum atomic E-state index is -0.443. The predicted octanol–water partition coefficient (Wildman–Crippen LogP) is 1.34. The summed E-state index contributed by atoms with van der Waals surface area (Å²) in [6, 6.07) is 10.4. The Morgan fingerprint density at radius 2 is 2.00 bits per heavy atom. The summed E-state index contributed by atoms with van der Waals surface area (Å²) in [5.41, 5.74) is 1.22. The Kier molecular flexibility index (Phi) is 5.32. The highest BCUT2D eigenvalue weighted by Crippen LogP contribution is 2.10. The summed E-state index contributed by atoms with van der Waals surface area (Å²) in [4.78, 5) is 0. The third-order valence-electron chi connectivity index (χ3n) is 2.32. The lowest BCUT2D eigenvalue weighted by molar-refractivity contribution is 0.0630. The van der Waals surface area contributed by atoms with Gasteiger partial charge in [-0.15, -0.1) is 0 Å². The SMILES string of the molecule is COCC(O)CN[C@@H](C)c1ccccc1. The second kappa shape index (κ2) is 6.56. The molecule has 1 rings (SSSR count). The molecule has 0 fully saturated rings. The maximum absolute atomic E-state index is 9.46. The zero-order valence-corrected chi connectivity index (χ0v) is 9.31. The number of ether oxygens (including phenoxy) is 1. The van der Waals surface area contributed by atoms with E-state index >= 15 is 0 Å². The lowest BCUT2D eigenvalue weighted by Crippen LogP contribution is -2.31. The summed E-state index contributed by atoms with van der Waals surface area (Å²) < 4.78 is 4.85. The Bertz CT molecular complexity index is 264. The van der Waals surface area contributed by atoms with Crippen molar-refractivity contribution in [2.45, 2.75) is 19.1 Å². The first-order valence-corrected chi connectivity index (χ1v) is 5.19. The van der Waals surface area contributed by atoms with Crippen LogP contribution in [0.1, 0.15) is 18.5 Å². The lowest BCUT2D eigenvalue weighted by Gasteiger charge is -2.16. The number of methoxy groups -OCH3 is 1. The minimum absolute atomic E-state index is 0.248. The second-order valence-corrected chi connectivity index (χ2v) is 3.65. The van der Waals surface area contributed by atoms with E-state index in [1.807, 2.05) is 18.2 Å². The molecular weight excluding hydrogens is 190 g/mol. The maximum Gasteiger partial charge on any atom is 0.0897 e. The normalized spacial score (nSPS) is 14.9. The van der Waals surface area contributed by atoms with Crippen molar-refractivity contribution in [1.82, 2.24) is 5.32 Å². The van der Waals surface area contributed by atoms with Gasteiger partial charge in [-0.1, -0.05) is 30.3 Å². The molecular formula is C12H19NO2. The molecule has 0 aliphatic carbocycles. The van der Waals surface area contributed by atoms with Gasteiger partial charge in [0, 0.05) is 19.7 Å². The van der Waals surface area contributed by atoms with Crippen LogP contribution in [0.3, 0.4) is 0 Å². The average molecular weight is 209 g/mol. The average Bonchev–Trinajstić information content (AvgIpc) is 2.27. The van der Waals surface area contributed by atoms with E-state index in [-0.39, 0.29) is 6.04 Å². The van der Waals surface area contributed by atoms with E-state index in [0.29, 0.717) is 13.2 Å². The van der Waals surface area contributed by atoms with E-state index in [4.69, 9.17) is 4.74 Å². The Morgan fingerprint density at radius 1 is 1.33 bits per heavy atom.